The molecule has 0 aromatic carbocycles. The number of rotatable bonds is 9. The average Bonchev–Trinajstić information content (AvgIpc) is 2.70. The molecule has 0 atom stereocenters. The molecule has 1 nitrogen and oxygen atoms in total. The summed E-state index contributed by atoms with van der Waals surface area (Å²) in [5, 5.41) is 0. The maximum atomic E-state index is 2.45. The average molecular weight is 226 g/mol. The zero-order chi connectivity index (χ0) is 11.7. The largest absolute Gasteiger partial charge is 0.326 e. The van der Waals surface area contributed by atoms with Crippen LogP contribution in [0.2, 0.25) is 0 Å². The minimum absolute atomic E-state index is 1.37. The van der Waals surface area contributed by atoms with Crippen LogP contribution in [-0.4, -0.2) is 31.2 Å². The molecule has 1 saturated heterocycles. The van der Waals surface area contributed by atoms with Gasteiger partial charge in [0.2, 0.25) is 0 Å². The summed E-state index contributed by atoms with van der Waals surface area (Å²) in [4.78, 5) is 0. The molecule has 0 unspecified atom stereocenters. The molecule has 0 aliphatic carbocycles. The maximum Gasteiger partial charge on any atom is 0.0786 e. The van der Waals surface area contributed by atoms with Gasteiger partial charge in [0.1, 0.15) is 0 Å². The van der Waals surface area contributed by atoms with Gasteiger partial charge >= 0.3 is 0 Å². The number of nitrogens with zero attached hydrogens (tertiary/aromatic N) is 1. The molecule has 0 saturated carbocycles. The van der Waals surface area contributed by atoms with Crippen LogP contribution >= 0.6 is 0 Å². The minimum atomic E-state index is 1.37. The van der Waals surface area contributed by atoms with E-state index in [1.807, 2.05) is 0 Å². The lowest BCUT2D eigenvalue weighted by molar-refractivity contribution is -0.897. The Morgan fingerprint density at radius 3 is 1.81 bits per heavy atom. The Morgan fingerprint density at radius 2 is 1.25 bits per heavy atom. The highest BCUT2D eigenvalue weighted by Gasteiger charge is 2.25. The van der Waals surface area contributed by atoms with E-state index < -0.39 is 0 Å². The third-order valence-corrected chi connectivity index (χ3v) is 4.20. The fourth-order valence-electron chi connectivity index (χ4n) is 2.95. The van der Waals surface area contributed by atoms with Gasteiger partial charge in [-0.1, -0.05) is 45.4 Å². The lowest BCUT2D eigenvalue weighted by Gasteiger charge is -2.29. The van der Waals surface area contributed by atoms with Crippen molar-refractivity contribution in [2.75, 3.05) is 26.7 Å². The Hall–Kier alpha value is -0.0400. The van der Waals surface area contributed by atoms with Crippen LogP contribution in [0.25, 0.3) is 0 Å². The van der Waals surface area contributed by atoms with Crippen LogP contribution in [0.15, 0.2) is 0 Å². The zero-order valence-electron chi connectivity index (χ0n) is 11.6. The molecule has 0 aromatic heterocycles. The van der Waals surface area contributed by atoms with Crippen LogP contribution in [0.4, 0.5) is 0 Å². The summed E-state index contributed by atoms with van der Waals surface area (Å²) in [7, 11) is 2.45. The van der Waals surface area contributed by atoms with Crippen LogP contribution in [0.3, 0.4) is 0 Å². The van der Waals surface area contributed by atoms with E-state index in [9.17, 15) is 0 Å². The van der Waals surface area contributed by atoms with Crippen molar-refractivity contribution in [2.45, 2.75) is 71.1 Å². The third-order valence-electron chi connectivity index (χ3n) is 4.20. The highest BCUT2D eigenvalue weighted by atomic mass is 15.3. The first-order valence-electron chi connectivity index (χ1n) is 7.60. The molecule has 1 rings (SSSR count). The molecular weight excluding hydrogens is 194 g/mol. The van der Waals surface area contributed by atoms with E-state index in [4.69, 9.17) is 0 Å². The smallest absolute Gasteiger partial charge is 0.0786 e. The fraction of sp³-hybridized carbons (Fsp3) is 1.00. The predicted octanol–water partition coefficient (Wildman–Crippen LogP) is 4.37. The van der Waals surface area contributed by atoms with E-state index >= 15 is 0 Å². The van der Waals surface area contributed by atoms with Crippen LogP contribution in [0.5, 0.6) is 0 Å². The number of hydrogen-bond acceptors (Lipinski definition) is 0. The molecule has 0 aromatic rings. The number of hydrogen-bond donors (Lipinski definition) is 0. The lowest BCUT2D eigenvalue weighted by atomic mass is 10.1. The quantitative estimate of drug-likeness (QED) is 0.404. The molecule has 0 spiro atoms. The highest BCUT2D eigenvalue weighted by molar-refractivity contribution is 4.53. The van der Waals surface area contributed by atoms with Gasteiger partial charge in [0.05, 0.1) is 26.7 Å². The van der Waals surface area contributed by atoms with Crippen LogP contribution in [-0.2, 0) is 0 Å². The number of likely N-dealkylation sites (tertiary alicyclic amines) is 1. The second-order valence-corrected chi connectivity index (χ2v) is 5.97. The van der Waals surface area contributed by atoms with Gasteiger partial charge in [0.25, 0.3) is 0 Å². The van der Waals surface area contributed by atoms with Crippen molar-refractivity contribution in [1.29, 1.82) is 0 Å². The third kappa shape index (κ3) is 5.89. The maximum absolute atomic E-state index is 2.45. The first-order chi connectivity index (χ1) is 7.77. The van der Waals surface area contributed by atoms with Crippen molar-refractivity contribution in [3.8, 4) is 0 Å². The van der Waals surface area contributed by atoms with E-state index in [0.29, 0.717) is 0 Å². The van der Waals surface area contributed by atoms with Gasteiger partial charge in [-0.2, -0.15) is 0 Å². The summed E-state index contributed by atoms with van der Waals surface area (Å²) in [6.45, 7) is 6.61. The Bertz CT molecular complexity index is 159. The standard InChI is InChI=1S/C15H32N/c1-3-4-5-6-7-8-9-10-13-16(2)14-11-12-15-16/h3-15H2,1-2H3/q+1. The predicted molar refractivity (Wildman–Crippen MR) is 72.6 cm³/mol. The van der Waals surface area contributed by atoms with Crippen molar-refractivity contribution in [1.82, 2.24) is 0 Å². The summed E-state index contributed by atoms with van der Waals surface area (Å²) in [5.41, 5.74) is 0. The first kappa shape index (κ1) is 14.0. The monoisotopic (exact) mass is 226 g/mol. The van der Waals surface area contributed by atoms with E-state index in [1.165, 1.54) is 88.3 Å². The van der Waals surface area contributed by atoms with Crippen LogP contribution in [0, 0.1) is 0 Å². The molecule has 16 heavy (non-hydrogen) atoms. The van der Waals surface area contributed by atoms with Crippen molar-refractivity contribution in [2.24, 2.45) is 0 Å². The minimum Gasteiger partial charge on any atom is -0.326 e. The molecule has 0 bridgehead atoms. The number of unbranched alkanes of at least 4 members (excludes halogenated alkanes) is 7. The van der Waals surface area contributed by atoms with Gasteiger partial charge in [0.15, 0.2) is 0 Å². The summed E-state index contributed by atoms with van der Waals surface area (Å²) in [6, 6.07) is 0. The Balaban J connectivity index is 1.84. The molecule has 1 aliphatic heterocycles. The number of quaternary nitrogens is 1. The van der Waals surface area contributed by atoms with Gasteiger partial charge in [-0.15, -0.1) is 0 Å². The Morgan fingerprint density at radius 1 is 0.750 bits per heavy atom. The summed E-state index contributed by atoms with van der Waals surface area (Å²) in [5.74, 6) is 0. The normalized spacial score (nSPS) is 19.1. The van der Waals surface area contributed by atoms with Gasteiger partial charge in [-0.05, 0) is 12.8 Å². The summed E-state index contributed by atoms with van der Waals surface area (Å²) >= 11 is 0. The fourth-order valence-corrected chi connectivity index (χ4v) is 2.95. The van der Waals surface area contributed by atoms with Crippen molar-refractivity contribution >= 4 is 0 Å². The Kier molecular flexibility index (Phi) is 7.11. The molecule has 96 valence electrons. The van der Waals surface area contributed by atoms with E-state index in [1.54, 1.807) is 0 Å². The van der Waals surface area contributed by atoms with Crippen molar-refractivity contribution in [3.63, 3.8) is 0 Å². The molecule has 0 amide bonds. The molecule has 1 fully saturated rings. The van der Waals surface area contributed by atoms with Gasteiger partial charge in [0, 0.05) is 12.8 Å². The molecule has 0 N–H and O–H groups in total. The molecule has 1 heteroatoms. The Labute approximate surface area is 103 Å². The van der Waals surface area contributed by atoms with Crippen LogP contribution < -0.4 is 0 Å². The first-order valence-corrected chi connectivity index (χ1v) is 7.60. The van der Waals surface area contributed by atoms with Crippen molar-refractivity contribution < 1.29 is 4.48 Å². The molecule has 1 heterocycles. The second-order valence-electron chi connectivity index (χ2n) is 5.97. The molecular formula is C15H32N+. The highest BCUT2D eigenvalue weighted by Crippen LogP contribution is 2.18. The summed E-state index contributed by atoms with van der Waals surface area (Å²) < 4.78 is 1.37. The van der Waals surface area contributed by atoms with Gasteiger partial charge in [-0.25, -0.2) is 0 Å². The van der Waals surface area contributed by atoms with E-state index in [2.05, 4.69) is 14.0 Å². The zero-order valence-corrected chi connectivity index (χ0v) is 11.6. The molecule has 0 radical (unpaired) electrons. The van der Waals surface area contributed by atoms with Gasteiger partial charge < -0.3 is 4.48 Å². The van der Waals surface area contributed by atoms with Crippen molar-refractivity contribution in [3.05, 3.63) is 0 Å². The second kappa shape index (κ2) is 8.11. The van der Waals surface area contributed by atoms with E-state index in [0.717, 1.165) is 0 Å². The summed E-state index contributed by atoms with van der Waals surface area (Å²) in [6.07, 6.45) is 14.6. The SMILES string of the molecule is CCCCCCCCCC[N+]1(C)CCCC1. The van der Waals surface area contributed by atoms with E-state index in [-0.39, 0.29) is 0 Å². The topological polar surface area (TPSA) is 0 Å². The molecule has 1 aliphatic rings. The lowest BCUT2D eigenvalue weighted by Crippen LogP contribution is -2.41. The van der Waals surface area contributed by atoms with Gasteiger partial charge in [-0.3, -0.25) is 0 Å². The van der Waals surface area contributed by atoms with Crippen LogP contribution in [0.1, 0.15) is 71.1 Å².